The Labute approximate surface area is 115 Å². The monoisotopic (exact) mass is 348 g/mol. The minimum Gasteiger partial charge on any atom is -0.381 e. The molecule has 0 fully saturated rings. The lowest BCUT2D eigenvalue weighted by molar-refractivity contribution is 0.129. The highest BCUT2D eigenvalue weighted by molar-refractivity contribution is 9.10. The first kappa shape index (κ1) is 14.2. The lowest BCUT2D eigenvalue weighted by Gasteiger charge is -2.14. The van der Waals surface area contributed by atoms with Crippen molar-refractivity contribution in [1.29, 1.82) is 0 Å². The third kappa shape index (κ3) is 4.98. The molecule has 90 valence electrons. The Morgan fingerprint density at radius 1 is 1.31 bits per heavy atom. The van der Waals surface area contributed by atoms with Crippen molar-refractivity contribution in [3.05, 3.63) is 34.3 Å². The number of halogens is 2. The zero-order valence-corrected chi connectivity index (χ0v) is 12.8. The second-order valence-electron chi connectivity index (χ2n) is 3.81. The predicted octanol–water partition coefficient (Wildman–Crippen LogP) is 4.74. The van der Waals surface area contributed by atoms with Crippen LogP contribution in [0.1, 0.15) is 31.2 Å². The molecule has 0 aliphatic rings. The van der Waals surface area contributed by atoms with Crippen molar-refractivity contribution in [3.8, 4) is 0 Å². The van der Waals surface area contributed by atoms with Crippen molar-refractivity contribution in [3.63, 3.8) is 0 Å². The minimum atomic E-state index is 0.536. The average Bonchev–Trinajstić information content (AvgIpc) is 2.29. The fourth-order valence-electron chi connectivity index (χ4n) is 1.57. The summed E-state index contributed by atoms with van der Waals surface area (Å²) in [5.74, 6) is 0.536. The zero-order chi connectivity index (χ0) is 11.8. The highest BCUT2D eigenvalue weighted by atomic mass is 79.9. The van der Waals surface area contributed by atoms with E-state index in [1.165, 1.54) is 5.56 Å². The van der Waals surface area contributed by atoms with Crippen molar-refractivity contribution in [1.82, 2.24) is 0 Å². The maximum atomic E-state index is 5.53. The first-order valence-corrected chi connectivity index (χ1v) is 7.58. The third-order valence-electron chi connectivity index (χ3n) is 2.47. The number of rotatable bonds is 7. The molecule has 0 aromatic heterocycles. The standard InChI is InChI=1S/C13H18Br2O/c1-2-7-16-8-6-12(10-14)11-4-3-5-13(15)9-11/h3-5,9,12H,2,6-8,10H2,1H3. The highest BCUT2D eigenvalue weighted by Crippen LogP contribution is 2.24. The SMILES string of the molecule is CCCOCCC(CBr)c1cccc(Br)c1. The van der Waals surface area contributed by atoms with Gasteiger partial charge in [-0.25, -0.2) is 0 Å². The van der Waals surface area contributed by atoms with Crippen LogP contribution in [0.4, 0.5) is 0 Å². The Hall–Kier alpha value is 0.140. The van der Waals surface area contributed by atoms with Crippen LogP contribution in [0.3, 0.4) is 0 Å². The van der Waals surface area contributed by atoms with Crippen LogP contribution >= 0.6 is 31.9 Å². The molecule has 1 nitrogen and oxygen atoms in total. The maximum absolute atomic E-state index is 5.53. The number of hydrogen-bond donors (Lipinski definition) is 0. The topological polar surface area (TPSA) is 9.23 Å². The Morgan fingerprint density at radius 3 is 2.75 bits per heavy atom. The molecule has 0 N–H and O–H groups in total. The molecular weight excluding hydrogens is 332 g/mol. The van der Waals surface area contributed by atoms with Gasteiger partial charge in [-0.3, -0.25) is 0 Å². The molecule has 1 atom stereocenters. The summed E-state index contributed by atoms with van der Waals surface area (Å²) in [5, 5.41) is 0.985. The molecule has 0 spiro atoms. The second kappa shape index (κ2) is 8.26. The van der Waals surface area contributed by atoms with Gasteiger partial charge in [-0.2, -0.15) is 0 Å². The van der Waals surface area contributed by atoms with Crippen LogP contribution in [0.15, 0.2) is 28.7 Å². The van der Waals surface area contributed by atoms with E-state index in [0.29, 0.717) is 5.92 Å². The van der Waals surface area contributed by atoms with Gasteiger partial charge >= 0.3 is 0 Å². The summed E-state index contributed by atoms with van der Waals surface area (Å²) in [4.78, 5) is 0. The van der Waals surface area contributed by atoms with Gasteiger partial charge in [0.05, 0.1) is 0 Å². The van der Waals surface area contributed by atoms with Crippen molar-refractivity contribution < 1.29 is 4.74 Å². The molecule has 1 unspecified atom stereocenters. The molecule has 0 aliphatic carbocycles. The Morgan fingerprint density at radius 2 is 2.12 bits per heavy atom. The number of ether oxygens (including phenoxy) is 1. The van der Waals surface area contributed by atoms with E-state index in [9.17, 15) is 0 Å². The molecule has 1 rings (SSSR count). The molecular formula is C13H18Br2O. The molecule has 0 saturated carbocycles. The third-order valence-corrected chi connectivity index (χ3v) is 3.74. The maximum Gasteiger partial charge on any atom is 0.0472 e. The molecule has 0 heterocycles. The van der Waals surface area contributed by atoms with Gasteiger partial charge in [0, 0.05) is 23.0 Å². The molecule has 0 bridgehead atoms. The summed E-state index contributed by atoms with van der Waals surface area (Å²) in [6.45, 7) is 3.85. The molecule has 1 aromatic carbocycles. The summed E-state index contributed by atoms with van der Waals surface area (Å²) in [7, 11) is 0. The van der Waals surface area contributed by atoms with E-state index in [-0.39, 0.29) is 0 Å². The van der Waals surface area contributed by atoms with Crippen LogP contribution < -0.4 is 0 Å². The van der Waals surface area contributed by atoms with Crippen molar-refractivity contribution in [2.75, 3.05) is 18.5 Å². The van der Waals surface area contributed by atoms with Crippen LogP contribution in [0.2, 0.25) is 0 Å². The lowest BCUT2D eigenvalue weighted by atomic mass is 9.98. The van der Waals surface area contributed by atoms with Crippen molar-refractivity contribution >= 4 is 31.9 Å². The first-order valence-electron chi connectivity index (χ1n) is 5.67. The van der Waals surface area contributed by atoms with Gasteiger partial charge in [-0.05, 0) is 36.5 Å². The molecule has 0 aliphatic heterocycles. The van der Waals surface area contributed by atoms with Crippen LogP contribution in [0.25, 0.3) is 0 Å². The summed E-state index contributed by atoms with van der Waals surface area (Å²) in [6.07, 6.45) is 2.16. The smallest absolute Gasteiger partial charge is 0.0472 e. The average molecular weight is 350 g/mol. The van der Waals surface area contributed by atoms with E-state index in [1.807, 2.05) is 0 Å². The van der Waals surface area contributed by atoms with Gasteiger partial charge < -0.3 is 4.74 Å². The number of hydrogen-bond acceptors (Lipinski definition) is 1. The Balaban J connectivity index is 2.47. The molecule has 0 radical (unpaired) electrons. The van der Waals surface area contributed by atoms with Crippen LogP contribution in [0.5, 0.6) is 0 Å². The molecule has 0 saturated heterocycles. The minimum absolute atomic E-state index is 0.536. The van der Waals surface area contributed by atoms with E-state index in [4.69, 9.17) is 4.74 Å². The largest absolute Gasteiger partial charge is 0.381 e. The quantitative estimate of drug-likeness (QED) is 0.510. The van der Waals surface area contributed by atoms with Crippen molar-refractivity contribution in [2.24, 2.45) is 0 Å². The van der Waals surface area contributed by atoms with Gasteiger partial charge in [-0.1, -0.05) is 50.9 Å². The van der Waals surface area contributed by atoms with Crippen LogP contribution in [0, 0.1) is 0 Å². The Bertz CT molecular complexity index is 302. The zero-order valence-electron chi connectivity index (χ0n) is 9.59. The molecule has 16 heavy (non-hydrogen) atoms. The summed E-state index contributed by atoms with van der Waals surface area (Å²) in [5.41, 5.74) is 1.37. The normalized spacial score (nSPS) is 12.7. The van der Waals surface area contributed by atoms with Gasteiger partial charge in [-0.15, -0.1) is 0 Å². The fraction of sp³-hybridized carbons (Fsp3) is 0.538. The molecule has 3 heteroatoms. The van der Waals surface area contributed by atoms with Crippen LogP contribution in [-0.4, -0.2) is 18.5 Å². The van der Waals surface area contributed by atoms with E-state index in [2.05, 4.69) is 63.0 Å². The fourth-order valence-corrected chi connectivity index (χ4v) is 2.68. The second-order valence-corrected chi connectivity index (χ2v) is 5.37. The van der Waals surface area contributed by atoms with Crippen LogP contribution in [-0.2, 0) is 4.74 Å². The summed E-state index contributed by atoms with van der Waals surface area (Å²) < 4.78 is 6.68. The van der Waals surface area contributed by atoms with Gasteiger partial charge in [0.15, 0.2) is 0 Å². The van der Waals surface area contributed by atoms with Crippen molar-refractivity contribution in [2.45, 2.75) is 25.7 Å². The summed E-state index contributed by atoms with van der Waals surface area (Å²) in [6, 6.07) is 8.51. The van der Waals surface area contributed by atoms with Gasteiger partial charge in [0.25, 0.3) is 0 Å². The van der Waals surface area contributed by atoms with E-state index < -0.39 is 0 Å². The summed E-state index contributed by atoms with van der Waals surface area (Å²) >= 11 is 7.08. The highest BCUT2D eigenvalue weighted by Gasteiger charge is 2.10. The predicted molar refractivity (Wildman–Crippen MR) is 76.4 cm³/mol. The first-order chi connectivity index (χ1) is 7.77. The molecule has 0 amide bonds. The lowest BCUT2D eigenvalue weighted by Crippen LogP contribution is -2.06. The Kier molecular flexibility index (Phi) is 7.33. The van der Waals surface area contributed by atoms with E-state index >= 15 is 0 Å². The number of benzene rings is 1. The number of alkyl halides is 1. The van der Waals surface area contributed by atoms with E-state index in [1.54, 1.807) is 0 Å². The molecule has 1 aromatic rings. The van der Waals surface area contributed by atoms with Gasteiger partial charge in [0.1, 0.15) is 0 Å². The van der Waals surface area contributed by atoms with Gasteiger partial charge in [0.2, 0.25) is 0 Å². The van der Waals surface area contributed by atoms with E-state index in [0.717, 1.165) is 35.9 Å².